The standard InChI is InChI=1S/C19H21N3S2/c1-13-17(16-6-5-11-23-16)21-18(24-13)22-20-12-14-7-9-15(10-8-14)19(2,3)4/h5-12H,1-4H3,(H,21,22)/b20-12-. The number of aryl methyl sites for hydroxylation is 1. The van der Waals surface area contributed by atoms with Crippen LogP contribution in [0.1, 0.15) is 36.8 Å². The fourth-order valence-corrected chi connectivity index (χ4v) is 3.93. The van der Waals surface area contributed by atoms with Gasteiger partial charge in [-0.2, -0.15) is 5.10 Å². The molecule has 0 aliphatic rings. The Bertz CT molecular complexity index is 823. The lowest BCUT2D eigenvalue weighted by Gasteiger charge is -2.18. The minimum atomic E-state index is 0.171. The first-order valence-electron chi connectivity index (χ1n) is 7.84. The van der Waals surface area contributed by atoms with Crippen molar-refractivity contribution >= 4 is 34.0 Å². The Kier molecular flexibility index (Phi) is 4.83. The summed E-state index contributed by atoms with van der Waals surface area (Å²) >= 11 is 3.33. The molecule has 1 aromatic carbocycles. The number of rotatable bonds is 4. The van der Waals surface area contributed by atoms with Gasteiger partial charge in [0, 0.05) is 4.88 Å². The average Bonchev–Trinajstić information content (AvgIpc) is 3.16. The molecule has 2 aromatic heterocycles. The molecule has 0 saturated heterocycles. The largest absolute Gasteiger partial charge is 0.253 e. The lowest BCUT2D eigenvalue weighted by Crippen LogP contribution is -2.10. The highest BCUT2D eigenvalue weighted by atomic mass is 32.1. The Morgan fingerprint density at radius 3 is 2.50 bits per heavy atom. The van der Waals surface area contributed by atoms with Gasteiger partial charge < -0.3 is 0 Å². The molecule has 3 rings (SSSR count). The van der Waals surface area contributed by atoms with Crippen LogP contribution >= 0.6 is 22.7 Å². The minimum Gasteiger partial charge on any atom is -0.253 e. The van der Waals surface area contributed by atoms with Crippen LogP contribution < -0.4 is 5.43 Å². The van der Waals surface area contributed by atoms with Gasteiger partial charge in [-0.05, 0) is 34.9 Å². The number of anilines is 1. The van der Waals surface area contributed by atoms with Crippen LogP contribution in [0.4, 0.5) is 5.13 Å². The SMILES string of the molecule is Cc1sc(N/N=C\c2ccc(C(C)(C)C)cc2)nc1-c1cccs1. The van der Waals surface area contributed by atoms with Gasteiger partial charge in [0.25, 0.3) is 0 Å². The molecule has 1 N–H and O–H groups in total. The second kappa shape index (κ2) is 6.87. The highest BCUT2D eigenvalue weighted by Gasteiger charge is 2.12. The van der Waals surface area contributed by atoms with Gasteiger partial charge in [0.2, 0.25) is 5.13 Å². The highest BCUT2D eigenvalue weighted by molar-refractivity contribution is 7.17. The molecule has 2 heterocycles. The Hall–Kier alpha value is -1.98. The number of hydrazone groups is 1. The first-order chi connectivity index (χ1) is 11.4. The molecule has 0 unspecified atom stereocenters. The summed E-state index contributed by atoms with van der Waals surface area (Å²) in [5.74, 6) is 0. The summed E-state index contributed by atoms with van der Waals surface area (Å²) < 4.78 is 0. The van der Waals surface area contributed by atoms with Crippen LogP contribution in [0.25, 0.3) is 10.6 Å². The lowest BCUT2D eigenvalue weighted by molar-refractivity contribution is 0.590. The van der Waals surface area contributed by atoms with E-state index in [1.165, 1.54) is 15.3 Å². The van der Waals surface area contributed by atoms with E-state index in [4.69, 9.17) is 0 Å². The Labute approximate surface area is 151 Å². The summed E-state index contributed by atoms with van der Waals surface area (Å²) in [5, 5.41) is 7.20. The monoisotopic (exact) mass is 355 g/mol. The van der Waals surface area contributed by atoms with Crippen LogP contribution in [0.2, 0.25) is 0 Å². The smallest absolute Gasteiger partial charge is 0.204 e. The number of benzene rings is 1. The van der Waals surface area contributed by atoms with Gasteiger partial charge in [0.1, 0.15) is 0 Å². The molecule has 0 aliphatic heterocycles. The summed E-state index contributed by atoms with van der Waals surface area (Å²) in [7, 11) is 0. The molecule has 0 amide bonds. The number of thiazole rings is 1. The molecule has 0 bridgehead atoms. The maximum Gasteiger partial charge on any atom is 0.204 e. The molecular formula is C19H21N3S2. The fraction of sp³-hybridized carbons (Fsp3) is 0.263. The second-order valence-corrected chi connectivity index (χ2v) is 8.79. The quantitative estimate of drug-likeness (QED) is 0.465. The Balaban J connectivity index is 1.67. The topological polar surface area (TPSA) is 37.3 Å². The van der Waals surface area contributed by atoms with E-state index in [1.54, 1.807) is 22.7 Å². The Morgan fingerprint density at radius 1 is 1.12 bits per heavy atom. The van der Waals surface area contributed by atoms with E-state index >= 15 is 0 Å². The van der Waals surface area contributed by atoms with Crippen molar-refractivity contribution in [2.45, 2.75) is 33.1 Å². The molecule has 0 aliphatic carbocycles. The van der Waals surface area contributed by atoms with Crippen molar-refractivity contribution in [2.24, 2.45) is 5.10 Å². The molecule has 0 saturated carbocycles. The maximum atomic E-state index is 4.63. The molecule has 3 aromatic rings. The molecule has 5 heteroatoms. The molecule has 3 nitrogen and oxygen atoms in total. The van der Waals surface area contributed by atoms with Crippen molar-refractivity contribution in [3.63, 3.8) is 0 Å². The minimum absolute atomic E-state index is 0.171. The van der Waals surface area contributed by atoms with Crippen molar-refractivity contribution in [1.82, 2.24) is 4.98 Å². The Morgan fingerprint density at radius 2 is 1.88 bits per heavy atom. The predicted octanol–water partition coefficient (Wildman–Crippen LogP) is 5.92. The third-order valence-electron chi connectivity index (χ3n) is 3.70. The molecule has 0 fully saturated rings. The van der Waals surface area contributed by atoms with Gasteiger partial charge in [0.05, 0.1) is 16.8 Å². The van der Waals surface area contributed by atoms with Crippen LogP contribution in [-0.4, -0.2) is 11.2 Å². The maximum absolute atomic E-state index is 4.63. The second-order valence-electron chi connectivity index (χ2n) is 6.64. The van der Waals surface area contributed by atoms with Crippen molar-refractivity contribution in [3.05, 3.63) is 57.8 Å². The molecule has 24 heavy (non-hydrogen) atoms. The normalized spacial score (nSPS) is 12.0. The first-order valence-corrected chi connectivity index (χ1v) is 9.54. The van der Waals surface area contributed by atoms with E-state index in [9.17, 15) is 0 Å². The number of nitrogens with one attached hydrogen (secondary N) is 1. The van der Waals surface area contributed by atoms with Crippen molar-refractivity contribution in [3.8, 4) is 10.6 Å². The third kappa shape index (κ3) is 3.91. The molecule has 0 atom stereocenters. The molecule has 124 valence electrons. The van der Waals surface area contributed by atoms with Crippen LogP contribution in [0.15, 0.2) is 46.9 Å². The number of aromatic nitrogens is 1. The van der Waals surface area contributed by atoms with E-state index in [1.807, 2.05) is 12.3 Å². The van der Waals surface area contributed by atoms with E-state index in [0.29, 0.717) is 0 Å². The van der Waals surface area contributed by atoms with E-state index in [2.05, 4.69) is 78.9 Å². The van der Waals surface area contributed by atoms with Crippen molar-refractivity contribution in [1.29, 1.82) is 0 Å². The van der Waals surface area contributed by atoms with Crippen molar-refractivity contribution in [2.75, 3.05) is 5.43 Å². The molecule has 0 spiro atoms. The summed E-state index contributed by atoms with van der Waals surface area (Å²) in [6.45, 7) is 8.74. The predicted molar refractivity (Wildman–Crippen MR) is 107 cm³/mol. The highest BCUT2D eigenvalue weighted by Crippen LogP contribution is 2.32. The van der Waals surface area contributed by atoms with Gasteiger partial charge in [0.15, 0.2) is 0 Å². The van der Waals surface area contributed by atoms with Gasteiger partial charge in [-0.3, -0.25) is 5.43 Å². The zero-order chi connectivity index (χ0) is 17.2. The molecular weight excluding hydrogens is 334 g/mol. The number of thiophene rings is 1. The van der Waals surface area contributed by atoms with E-state index in [0.717, 1.165) is 16.4 Å². The van der Waals surface area contributed by atoms with Crippen LogP contribution in [0.5, 0.6) is 0 Å². The van der Waals surface area contributed by atoms with Gasteiger partial charge in [-0.1, -0.05) is 51.1 Å². The van der Waals surface area contributed by atoms with Gasteiger partial charge >= 0.3 is 0 Å². The van der Waals surface area contributed by atoms with Crippen LogP contribution in [0, 0.1) is 6.92 Å². The first kappa shape index (κ1) is 16.9. The van der Waals surface area contributed by atoms with E-state index < -0.39 is 0 Å². The number of nitrogens with zero attached hydrogens (tertiary/aromatic N) is 2. The van der Waals surface area contributed by atoms with Gasteiger partial charge in [-0.25, -0.2) is 4.98 Å². The summed E-state index contributed by atoms with van der Waals surface area (Å²) in [6.07, 6.45) is 1.83. The van der Waals surface area contributed by atoms with Crippen LogP contribution in [-0.2, 0) is 5.41 Å². The molecule has 0 radical (unpaired) electrons. The fourth-order valence-electron chi connectivity index (χ4n) is 2.32. The number of hydrogen-bond acceptors (Lipinski definition) is 5. The van der Waals surface area contributed by atoms with E-state index in [-0.39, 0.29) is 5.41 Å². The summed E-state index contributed by atoms with van der Waals surface area (Å²) in [4.78, 5) is 7.03. The van der Waals surface area contributed by atoms with Crippen molar-refractivity contribution < 1.29 is 0 Å². The number of hydrogen-bond donors (Lipinski definition) is 1. The van der Waals surface area contributed by atoms with Crippen LogP contribution in [0.3, 0.4) is 0 Å². The lowest BCUT2D eigenvalue weighted by atomic mass is 9.87. The average molecular weight is 356 g/mol. The zero-order valence-corrected chi connectivity index (χ0v) is 16.0. The third-order valence-corrected chi connectivity index (χ3v) is 5.45. The summed E-state index contributed by atoms with van der Waals surface area (Å²) in [5.41, 5.74) is 6.65. The van der Waals surface area contributed by atoms with Gasteiger partial charge in [-0.15, -0.1) is 22.7 Å². The summed E-state index contributed by atoms with van der Waals surface area (Å²) in [6, 6.07) is 12.6. The zero-order valence-electron chi connectivity index (χ0n) is 14.3.